The van der Waals surface area contributed by atoms with Crippen molar-refractivity contribution in [2.75, 3.05) is 10.6 Å². The van der Waals surface area contributed by atoms with Gasteiger partial charge in [-0.2, -0.15) is 0 Å². The molecule has 142 valence electrons. The Balaban J connectivity index is 1.68. The smallest absolute Gasteiger partial charge is 0.270 e. The quantitative estimate of drug-likeness (QED) is 0.610. The second-order valence-corrected chi connectivity index (χ2v) is 6.11. The van der Waals surface area contributed by atoms with E-state index >= 15 is 0 Å². The fourth-order valence-electron chi connectivity index (χ4n) is 2.51. The van der Waals surface area contributed by atoms with Crippen molar-refractivity contribution < 1.29 is 9.59 Å². The largest absolute Gasteiger partial charge is 0.347 e. The number of pyridine rings is 1. The van der Waals surface area contributed by atoms with Gasteiger partial charge in [0.15, 0.2) is 0 Å². The minimum atomic E-state index is -0.293. The van der Waals surface area contributed by atoms with Gasteiger partial charge in [0.05, 0.1) is 0 Å². The first kappa shape index (κ1) is 19.0. The molecule has 3 aromatic rings. The summed E-state index contributed by atoms with van der Waals surface area (Å²) in [5.41, 5.74) is 2.65. The molecule has 8 heteroatoms. The van der Waals surface area contributed by atoms with Crippen molar-refractivity contribution in [3.63, 3.8) is 0 Å². The van der Waals surface area contributed by atoms with Crippen LogP contribution >= 0.6 is 0 Å². The second kappa shape index (κ2) is 8.72. The van der Waals surface area contributed by atoms with E-state index in [1.807, 2.05) is 24.3 Å². The second-order valence-electron chi connectivity index (χ2n) is 6.11. The van der Waals surface area contributed by atoms with Crippen molar-refractivity contribution in [1.29, 1.82) is 0 Å². The maximum absolute atomic E-state index is 12.4. The molecule has 2 aromatic heterocycles. The van der Waals surface area contributed by atoms with Crippen LogP contribution in [0.5, 0.6) is 0 Å². The molecule has 0 radical (unpaired) electrons. The lowest BCUT2D eigenvalue weighted by Gasteiger charge is -2.10. The average molecular weight is 376 g/mol. The molecule has 2 amide bonds. The van der Waals surface area contributed by atoms with Crippen LogP contribution in [0, 0.1) is 6.92 Å². The zero-order valence-electron chi connectivity index (χ0n) is 15.6. The van der Waals surface area contributed by atoms with Gasteiger partial charge in [0.1, 0.15) is 17.3 Å². The molecule has 0 aliphatic rings. The maximum atomic E-state index is 12.4. The monoisotopic (exact) mass is 376 g/mol. The number of carbonyl (C=O) groups excluding carboxylic acids is 2. The molecule has 0 unspecified atom stereocenters. The minimum Gasteiger partial charge on any atom is -0.347 e. The summed E-state index contributed by atoms with van der Waals surface area (Å²) in [6, 6.07) is 12.5. The summed E-state index contributed by atoms with van der Waals surface area (Å²) in [4.78, 5) is 36.1. The summed E-state index contributed by atoms with van der Waals surface area (Å²) in [5, 5.41) is 8.67. The number of benzene rings is 1. The summed E-state index contributed by atoms with van der Waals surface area (Å²) in [6.45, 7) is 3.54. The highest BCUT2D eigenvalue weighted by Gasteiger charge is 2.11. The van der Waals surface area contributed by atoms with Crippen LogP contribution in [-0.4, -0.2) is 26.8 Å². The molecule has 0 fully saturated rings. The van der Waals surface area contributed by atoms with Gasteiger partial charge in [-0.3, -0.25) is 14.6 Å². The number of nitrogens with one attached hydrogen (secondary N) is 3. The third kappa shape index (κ3) is 5.34. The van der Waals surface area contributed by atoms with E-state index in [4.69, 9.17) is 0 Å². The standard InChI is InChI=1S/C20H20N6O2/c1-13-23-18(20(28)22-12-15-4-3-9-21-11-15)10-19(24-13)26-17-7-5-16(6-8-17)25-14(2)27/h3-11H,12H2,1-2H3,(H,22,28)(H,25,27)(H,23,24,26). The summed E-state index contributed by atoms with van der Waals surface area (Å²) >= 11 is 0. The molecule has 1 aromatic carbocycles. The Morgan fingerprint density at radius 1 is 1.04 bits per heavy atom. The van der Waals surface area contributed by atoms with Crippen LogP contribution in [0.4, 0.5) is 17.2 Å². The average Bonchev–Trinajstić information content (AvgIpc) is 2.67. The number of carbonyl (C=O) groups is 2. The Labute approximate surface area is 162 Å². The lowest BCUT2D eigenvalue weighted by atomic mass is 10.2. The van der Waals surface area contributed by atoms with E-state index in [0.717, 1.165) is 11.3 Å². The summed E-state index contributed by atoms with van der Waals surface area (Å²) < 4.78 is 0. The molecule has 0 atom stereocenters. The molecule has 8 nitrogen and oxygen atoms in total. The Kier molecular flexibility index (Phi) is 5.91. The normalized spacial score (nSPS) is 10.2. The van der Waals surface area contributed by atoms with Crippen molar-refractivity contribution >= 4 is 29.0 Å². The molecule has 0 saturated carbocycles. The molecular formula is C20H20N6O2. The first-order chi connectivity index (χ1) is 13.5. The number of anilines is 3. The zero-order valence-corrected chi connectivity index (χ0v) is 15.6. The number of aryl methyl sites for hydroxylation is 1. The van der Waals surface area contributed by atoms with Crippen LogP contribution in [-0.2, 0) is 11.3 Å². The number of hydrogen-bond donors (Lipinski definition) is 3. The third-order valence-electron chi connectivity index (χ3n) is 3.72. The Morgan fingerprint density at radius 2 is 1.79 bits per heavy atom. The van der Waals surface area contributed by atoms with Crippen LogP contribution in [0.1, 0.15) is 28.8 Å². The highest BCUT2D eigenvalue weighted by atomic mass is 16.2. The van der Waals surface area contributed by atoms with Gasteiger partial charge in [-0.1, -0.05) is 6.07 Å². The first-order valence-corrected chi connectivity index (χ1v) is 8.67. The topological polar surface area (TPSA) is 109 Å². The van der Waals surface area contributed by atoms with E-state index in [1.54, 1.807) is 37.5 Å². The van der Waals surface area contributed by atoms with Gasteiger partial charge >= 0.3 is 0 Å². The fraction of sp³-hybridized carbons (Fsp3) is 0.150. The molecule has 0 aliphatic heterocycles. The van der Waals surface area contributed by atoms with Crippen LogP contribution in [0.15, 0.2) is 54.9 Å². The van der Waals surface area contributed by atoms with E-state index in [2.05, 4.69) is 30.9 Å². The van der Waals surface area contributed by atoms with E-state index in [0.29, 0.717) is 23.9 Å². The molecule has 3 rings (SSSR count). The molecule has 0 spiro atoms. The predicted molar refractivity (Wildman–Crippen MR) is 106 cm³/mol. The molecular weight excluding hydrogens is 356 g/mol. The van der Waals surface area contributed by atoms with Crippen LogP contribution in [0.3, 0.4) is 0 Å². The number of rotatable bonds is 6. The number of hydrogen-bond acceptors (Lipinski definition) is 6. The Hall–Kier alpha value is -3.81. The first-order valence-electron chi connectivity index (χ1n) is 8.67. The summed E-state index contributed by atoms with van der Waals surface area (Å²) in [7, 11) is 0. The molecule has 2 heterocycles. The lowest BCUT2D eigenvalue weighted by Crippen LogP contribution is -2.24. The molecule has 3 N–H and O–H groups in total. The molecule has 0 bridgehead atoms. The highest BCUT2D eigenvalue weighted by Crippen LogP contribution is 2.18. The van der Waals surface area contributed by atoms with Gasteiger partial charge in [0.25, 0.3) is 5.91 Å². The van der Waals surface area contributed by atoms with Crippen LogP contribution < -0.4 is 16.0 Å². The zero-order chi connectivity index (χ0) is 19.9. The number of nitrogens with zero attached hydrogens (tertiary/aromatic N) is 3. The minimum absolute atomic E-state index is 0.130. The molecule has 28 heavy (non-hydrogen) atoms. The Bertz CT molecular complexity index is 974. The van der Waals surface area contributed by atoms with Gasteiger partial charge in [-0.25, -0.2) is 9.97 Å². The van der Waals surface area contributed by atoms with Crippen molar-refractivity contribution in [1.82, 2.24) is 20.3 Å². The van der Waals surface area contributed by atoms with Crippen LogP contribution in [0.25, 0.3) is 0 Å². The van der Waals surface area contributed by atoms with Crippen molar-refractivity contribution in [2.45, 2.75) is 20.4 Å². The third-order valence-corrected chi connectivity index (χ3v) is 3.72. The van der Waals surface area contributed by atoms with Crippen LogP contribution in [0.2, 0.25) is 0 Å². The highest BCUT2D eigenvalue weighted by molar-refractivity contribution is 5.93. The van der Waals surface area contributed by atoms with E-state index in [1.165, 1.54) is 6.92 Å². The number of aromatic nitrogens is 3. The predicted octanol–water partition coefficient (Wildman–Crippen LogP) is 2.81. The Morgan fingerprint density at radius 3 is 2.46 bits per heavy atom. The van der Waals surface area contributed by atoms with Crippen molar-refractivity contribution in [2.24, 2.45) is 0 Å². The van der Waals surface area contributed by atoms with Gasteiger partial charge in [-0.05, 0) is 42.8 Å². The van der Waals surface area contributed by atoms with E-state index in [9.17, 15) is 9.59 Å². The van der Waals surface area contributed by atoms with Crippen molar-refractivity contribution in [3.8, 4) is 0 Å². The molecule has 0 aliphatic carbocycles. The SMILES string of the molecule is CC(=O)Nc1ccc(Nc2cc(C(=O)NCc3cccnc3)nc(C)n2)cc1. The van der Waals surface area contributed by atoms with Gasteiger partial charge in [0, 0.05) is 43.3 Å². The lowest BCUT2D eigenvalue weighted by molar-refractivity contribution is -0.114. The van der Waals surface area contributed by atoms with E-state index in [-0.39, 0.29) is 17.5 Å². The summed E-state index contributed by atoms with van der Waals surface area (Å²) in [5.74, 6) is 0.560. The molecule has 0 saturated heterocycles. The van der Waals surface area contributed by atoms with Gasteiger partial charge < -0.3 is 16.0 Å². The fourth-order valence-corrected chi connectivity index (χ4v) is 2.51. The number of amides is 2. The maximum Gasteiger partial charge on any atom is 0.270 e. The van der Waals surface area contributed by atoms with Gasteiger partial charge in [-0.15, -0.1) is 0 Å². The van der Waals surface area contributed by atoms with E-state index < -0.39 is 0 Å². The van der Waals surface area contributed by atoms with Gasteiger partial charge in [0.2, 0.25) is 5.91 Å². The van der Waals surface area contributed by atoms with Crippen molar-refractivity contribution in [3.05, 3.63) is 71.9 Å². The summed E-state index contributed by atoms with van der Waals surface area (Å²) in [6.07, 6.45) is 3.38.